The SMILES string of the molecule is COc1ccc(C2NC(=S)NC3=C2CCc2ccccc23)cc1. The molecule has 2 aromatic carbocycles. The van der Waals surface area contributed by atoms with E-state index >= 15 is 0 Å². The number of ether oxygens (including phenoxy) is 1. The topological polar surface area (TPSA) is 33.3 Å². The van der Waals surface area contributed by atoms with Crippen LogP contribution in [0.5, 0.6) is 5.75 Å². The highest BCUT2D eigenvalue weighted by molar-refractivity contribution is 7.80. The molecule has 1 aliphatic carbocycles. The number of benzene rings is 2. The van der Waals surface area contributed by atoms with Crippen LogP contribution in [0.4, 0.5) is 0 Å². The second-order valence-electron chi connectivity index (χ2n) is 5.86. The summed E-state index contributed by atoms with van der Waals surface area (Å²) in [5, 5.41) is 7.48. The Morgan fingerprint density at radius 2 is 1.83 bits per heavy atom. The van der Waals surface area contributed by atoms with Crippen molar-refractivity contribution < 1.29 is 4.74 Å². The van der Waals surface area contributed by atoms with Crippen LogP contribution in [0.25, 0.3) is 5.70 Å². The van der Waals surface area contributed by atoms with Crippen LogP contribution in [-0.4, -0.2) is 12.2 Å². The Kier molecular flexibility index (Phi) is 3.54. The minimum absolute atomic E-state index is 0.123. The fraction of sp³-hybridized carbons (Fsp3) is 0.211. The third-order valence-electron chi connectivity index (χ3n) is 4.58. The first-order valence-corrected chi connectivity index (χ1v) is 8.20. The largest absolute Gasteiger partial charge is 0.497 e. The van der Waals surface area contributed by atoms with E-state index in [-0.39, 0.29) is 6.04 Å². The van der Waals surface area contributed by atoms with Gasteiger partial charge in [0, 0.05) is 11.3 Å². The fourth-order valence-corrected chi connectivity index (χ4v) is 3.65. The predicted molar refractivity (Wildman–Crippen MR) is 96.3 cm³/mol. The summed E-state index contributed by atoms with van der Waals surface area (Å²) in [6, 6.07) is 16.9. The molecule has 4 heteroatoms. The van der Waals surface area contributed by atoms with Gasteiger partial charge in [-0.05, 0) is 53.9 Å². The first-order chi connectivity index (χ1) is 11.3. The normalized spacial score (nSPS) is 19.3. The maximum absolute atomic E-state index is 5.45. The molecule has 1 unspecified atom stereocenters. The third-order valence-corrected chi connectivity index (χ3v) is 4.80. The van der Waals surface area contributed by atoms with Crippen LogP contribution < -0.4 is 15.4 Å². The van der Waals surface area contributed by atoms with Crippen LogP contribution in [0.3, 0.4) is 0 Å². The van der Waals surface area contributed by atoms with E-state index in [1.54, 1.807) is 7.11 Å². The minimum Gasteiger partial charge on any atom is -0.497 e. The van der Waals surface area contributed by atoms with Crippen LogP contribution in [0.15, 0.2) is 54.1 Å². The molecule has 23 heavy (non-hydrogen) atoms. The van der Waals surface area contributed by atoms with E-state index in [0.29, 0.717) is 5.11 Å². The smallest absolute Gasteiger partial charge is 0.171 e. The van der Waals surface area contributed by atoms with Gasteiger partial charge >= 0.3 is 0 Å². The summed E-state index contributed by atoms with van der Waals surface area (Å²) < 4.78 is 5.26. The lowest BCUT2D eigenvalue weighted by Crippen LogP contribution is -2.44. The molecule has 3 nitrogen and oxygen atoms in total. The summed E-state index contributed by atoms with van der Waals surface area (Å²) in [6.07, 6.45) is 2.10. The van der Waals surface area contributed by atoms with Gasteiger partial charge in [-0.1, -0.05) is 36.4 Å². The Hall–Kier alpha value is -2.33. The maximum atomic E-state index is 5.45. The summed E-state index contributed by atoms with van der Waals surface area (Å²) in [5.74, 6) is 0.869. The molecule has 1 heterocycles. The predicted octanol–water partition coefficient (Wildman–Crippen LogP) is 3.57. The van der Waals surface area contributed by atoms with Gasteiger partial charge in [0.2, 0.25) is 0 Å². The van der Waals surface area contributed by atoms with Crippen molar-refractivity contribution in [1.29, 1.82) is 0 Å². The van der Waals surface area contributed by atoms with Gasteiger partial charge in [0.05, 0.1) is 13.2 Å². The molecular weight excluding hydrogens is 304 g/mol. The molecule has 1 aliphatic heterocycles. The van der Waals surface area contributed by atoms with Crippen LogP contribution in [0.2, 0.25) is 0 Å². The van der Waals surface area contributed by atoms with Crippen molar-refractivity contribution in [3.05, 3.63) is 70.8 Å². The van der Waals surface area contributed by atoms with Crippen LogP contribution >= 0.6 is 12.2 Å². The second kappa shape index (κ2) is 5.70. The highest BCUT2D eigenvalue weighted by atomic mass is 32.1. The van der Waals surface area contributed by atoms with Gasteiger partial charge in [-0.3, -0.25) is 0 Å². The van der Waals surface area contributed by atoms with Gasteiger partial charge in [0.25, 0.3) is 0 Å². The second-order valence-corrected chi connectivity index (χ2v) is 6.27. The zero-order valence-electron chi connectivity index (χ0n) is 12.9. The average molecular weight is 322 g/mol. The molecule has 1 atom stereocenters. The molecule has 2 N–H and O–H groups in total. The van der Waals surface area contributed by atoms with Gasteiger partial charge in [0.15, 0.2) is 5.11 Å². The Bertz CT molecular complexity index is 795. The monoisotopic (exact) mass is 322 g/mol. The van der Waals surface area contributed by atoms with E-state index in [2.05, 4.69) is 47.0 Å². The van der Waals surface area contributed by atoms with Crippen LogP contribution in [-0.2, 0) is 6.42 Å². The van der Waals surface area contributed by atoms with E-state index in [4.69, 9.17) is 17.0 Å². The Morgan fingerprint density at radius 1 is 1.04 bits per heavy atom. The Morgan fingerprint density at radius 3 is 2.61 bits per heavy atom. The lowest BCUT2D eigenvalue weighted by atomic mass is 9.83. The number of aryl methyl sites for hydroxylation is 1. The quantitative estimate of drug-likeness (QED) is 0.828. The molecule has 0 spiro atoms. The van der Waals surface area contributed by atoms with Crippen LogP contribution in [0.1, 0.15) is 29.2 Å². The van der Waals surface area contributed by atoms with Crippen molar-refractivity contribution in [2.45, 2.75) is 18.9 Å². The highest BCUT2D eigenvalue weighted by Crippen LogP contribution is 2.38. The summed E-state index contributed by atoms with van der Waals surface area (Å²) in [4.78, 5) is 0. The van der Waals surface area contributed by atoms with E-state index in [9.17, 15) is 0 Å². The number of fused-ring (bicyclic) bond motifs is 2. The molecule has 0 bridgehead atoms. The molecule has 0 saturated heterocycles. The van der Waals surface area contributed by atoms with Gasteiger partial charge < -0.3 is 15.4 Å². The molecule has 0 radical (unpaired) electrons. The highest BCUT2D eigenvalue weighted by Gasteiger charge is 2.30. The number of hydrogen-bond donors (Lipinski definition) is 2. The van der Waals surface area contributed by atoms with Gasteiger partial charge in [-0.2, -0.15) is 0 Å². The average Bonchev–Trinajstić information content (AvgIpc) is 2.61. The Balaban J connectivity index is 1.80. The molecule has 2 aliphatic rings. The van der Waals surface area contributed by atoms with Gasteiger partial charge in [0.1, 0.15) is 5.75 Å². The lowest BCUT2D eigenvalue weighted by molar-refractivity contribution is 0.414. The summed E-state index contributed by atoms with van der Waals surface area (Å²) in [5.41, 5.74) is 6.42. The molecule has 0 fully saturated rings. The van der Waals surface area contributed by atoms with Crippen molar-refractivity contribution in [3.8, 4) is 5.75 Å². The molecular formula is C19H18N2OS. The standard InChI is InChI=1S/C19H18N2OS/c1-22-14-9-6-13(7-10-14)17-16-11-8-12-4-2-3-5-15(12)18(16)21-19(23)20-17/h2-7,9-10,17H,8,11H2,1H3,(H2,20,21,23). The van der Waals surface area contributed by atoms with Crippen molar-refractivity contribution in [2.24, 2.45) is 0 Å². The van der Waals surface area contributed by atoms with Gasteiger partial charge in [-0.15, -0.1) is 0 Å². The number of nitrogens with one attached hydrogen (secondary N) is 2. The zero-order valence-corrected chi connectivity index (χ0v) is 13.7. The minimum atomic E-state index is 0.123. The summed E-state index contributed by atoms with van der Waals surface area (Å²) in [6.45, 7) is 0. The number of rotatable bonds is 2. The van der Waals surface area contributed by atoms with Crippen molar-refractivity contribution in [1.82, 2.24) is 10.6 Å². The number of thiocarbonyl (C=S) groups is 1. The lowest BCUT2D eigenvalue weighted by Gasteiger charge is -2.35. The van der Waals surface area contributed by atoms with Crippen LogP contribution in [0, 0.1) is 0 Å². The first kappa shape index (κ1) is 14.3. The third kappa shape index (κ3) is 2.49. The number of hydrogen-bond acceptors (Lipinski definition) is 2. The maximum Gasteiger partial charge on any atom is 0.171 e. The Labute approximate surface area is 141 Å². The van der Waals surface area contributed by atoms with E-state index in [0.717, 1.165) is 18.6 Å². The number of methoxy groups -OCH3 is 1. The first-order valence-electron chi connectivity index (χ1n) is 7.79. The zero-order chi connectivity index (χ0) is 15.8. The van der Waals surface area contributed by atoms with Crippen molar-refractivity contribution in [2.75, 3.05) is 7.11 Å². The van der Waals surface area contributed by atoms with Crippen molar-refractivity contribution in [3.63, 3.8) is 0 Å². The van der Waals surface area contributed by atoms with E-state index < -0.39 is 0 Å². The molecule has 0 amide bonds. The molecule has 2 aromatic rings. The van der Waals surface area contributed by atoms with Crippen molar-refractivity contribution >= 4 is 23.0 Å². The summed E-state index contributed by atoms with van der Waals surface area (Å²) >= 11 is 5.45. The molecule has 0 saturated carbocycles. The summed E-state index contributed by atoms with van der Waals surface area (Å²) in [7, 11) is 1.69. The van der Waals surface area contributed by atoms with E-state index in [1.165, 1.54) is 28.0 Å². The molecule has 116 valence electrons. The fourth-order valence-electron chi connectivity index (χ4n) is 3.43. The van der Waals surface area contributed by atoms with E-state index in [1.807, 2.05) is 12.1 Å². The molecule has 0 aromatic heterocycles. The van der Waals surface area contributed by atoms with Gasteiger partial charge in [-0.25, -0.2) is 0 Å². The molecule has 4 rings (SSSR count).